The second kappa shape index (κ2) is 7.38. The minimum atomic E-state index is -1.13. The molecule has 1 aromatic carbocycles. The number of carboxylic acids is 1. The summed E-state index contributed by atoms with van der Waals surface area (Å²) in [4.78, 5) is 11.7. The van der Waals surface area contributed by atoms with Crippen LogP contribution in [0.3, 0.4) is 0 Å². The number of rotatable bonds is 7. The highest BCUT2D eigenvalue weighted by molar-refractivity contribution is 5.78. The molecule has 0 radical (unpaired) electrons. The van der Waals surface area contributed by atoms with Gasteiger partial charge < -0.3 is 19.3 Å². The highest BCUT2D eigenvalue weighted by Crippen LogP contribution is 2.36. The zero-order valence-corrected chi connectivity index (χ0v) is 13.3. The van der Waals surface area contributed by atoms with Crippen LogP contribution < -0.4 is 14.2 Å². The van der Waals surface area contributed by atoms with Crippen molar-refractivity contribution in [2.45, 2.75) is 51.6 Å². The summed E-state index contributed by atoms with van der Waals surface area (Å²) < 4.78 is 16.9. The molecule has 1 aliphatic rings. The first kappa shape index (κ1) is 16.5. The first-order chi connectivity index (χ1) is 10.6. The summed E-state index contributed by atoms with van der Waals surface area (Å²) in [6, 6.07) is 5.24. The molecule has 1 saturated carbocycles. The molecule has 2 rings (SSSR count). The molecule has 22 heavy (non-hydrogen) atoms. The minimum absolute atomic E-state index is 0.485. The summed E-state index contributed by atoms with van der Waals surface area (Å²) in [6.45, 7) is 4.85. The molecule has 1 aliphatic carbocycles. The quantitative estimate of drug-likeness (QED) is 0.833. The van der Waals surface area contributed by atoms with Crippen LogP contribution in [0, 0.1) is 0 Å². The van der Waals surface area contributed by atoms with Gasteiger partial charge in [0.2, 0.25) is 5.60 Å². The Morgan fingerprint density at radius 1 is 1.00 bits per heavy atom. The second-order valence-corrected chi connectivity index (χ2v) is 5.47. The molecule has 5 heteroatoms. The van der Waals surface area contributed by atoms with E-state index >= 15 is 0 Å². The van der Waals surface area contributed by atoms with Crippen LogP contribution in [-0.2, 0) is 4.79 Å². The number of ether oxygens (including phenoxy) is 3. The zero-order valence-electron chi connectivity index (χ0n) is 13.3. The molecule has 1 N–H and O–H groups in total. The lowest BCUT2D eigenvalue weighted by Crippen LogP contribution is -2.46. The Labute approximate surface area is 131 Å². The predicted octanol–water partition coefficient (Wildman–Crippen LogP) is 3.65. The van der Waals surface area contributed by atoms with E-state index in [0.717, 1.165) is 19.3 Å². The van der Waals surface area contributed by atoms with Gasteiger partial charge in [-0.25, -0.2) is 4.79 Å². The Morgan fingerprint density at radius 3 is 1.95 bits per heavy atom. The number of benzene rings is 1. The molecule has 1 aromatic rings. The third-order valence-corrected chi connectivity index (χ3v) is 3.84. The average molecular weight is 308 g/mol. The van der Waals surface area contributed by atoms with Gasteiger partial charge in [-0.05, 0) is 39.5 Å². The molecule has 0 saturated heterocycles. The van der Waals surface area contributed by atoms with Crippen molar-refractivity contribution in [1.29, 1.82) is 0 Å². The zero-order chi connectivity index (χ0) is 16.0. The third-order valence-electron chi connectivity index (χ3n) is 3.84. The summed E-state index contributed by atoms with van der Waals surface area (Å²) in [5.41, 5.74) is -1.13. The highest BCUT2D eigenvalue weighted by Gasteiger charge is 2.42. The van der Waals surface area contributed by atoms with E-state index < -0.39 is 11.6 Å². The van der Waals surface area contributed by atoms with Gasteiger partial charge in [-0.15, -0.1) is 0 Å². The van der Waals surface area contributed by atoms with Crippen molar-refractivity contribution in [3.8, 4) is 17.2 Å². The third kappa shape index (κ3) is 3.84. The fourth-order valence-electron chi connectivity index (χ4n) is 2.81. The van der Waals surface area contributed by atoms with E-state index in [-0.39, 0.29) is 0 Å². The Hall–Kier alpha value is -1.91. The molecule has 0 heterocycles. The summed E-state index contributed by atoms with van der Waals surface area (Å²) in [5, 5.41) is 9.61. The van der Waals surface area contributed by atoms with E-state index in [1.807, 2.05) is 13.8 Å². The van der Waals surface area contributed by atoms with Gasteiger partial charge in [-0.3, -0.25) is 0 Å². The molecule has 1 fully saturated rings. The van der Waals surface area contributed by atoms with Gasteiger partial charge in [0.05, 0.1) is 13.2 Å². The molecule has 0 amide bonds. The van der Waals surface area contributed by atoms with Crippen LogP contribution in [0.25, 0.3) is 0 Å². The number of hydrogen-bond donors (Lipinski definition) is 1. The summed E-state index contributed by atoms with van der Waals surface area (Å²) in [5.74, 6) is 0.838. The molecular formula is C17H24O5. The number of hydrogen-bond acceptors (Lipinski definition) is 4. The van der Waals surface area contributed by atoms with Crippen molar-refractivity contribution in [3.63, 3.8) is 0 Å². The number of carbonyl (C=O) groups is 1. The van der Waals surface area contributed by atoms with Gasteiger partial charge in [0, 0.05) is 18.2 Å². The van der Waals surface area contributed by atoms with Crippen LogP contribution >= 0.6 is 0 Å². The van der Waals surface area contributed by atoms with Crippen molar-refractivity contribution in [2.24, 2.45) is 0 Å². The van der Waals surface area contributed by atoms with Gasteiger partial charge in [-0.1, -0.05) is 6.42 Å². The van der Waals surface area contributed by atoms with Gasteiger partial charge in [0.25, 0.3) is 0 Å². The molecular weight excluding hydrogens is 284 g/mol. The van der Waals surface area contributed by atoms with Crippen molar-refractivity contribution in [2.75, 3.05) is 13.2 Å². The molecule has 0 unspecified atom stereocenters. The fraction of sp³-hybridized carbons (Fsp3) is 0.588. The normalized spacial score (nSPS) is 16.8. The smallest absolute Gasteiger partial charge is 0.348 e. The highest BCUT2D eigenvalue weighted by atomic mass is 16.5. The fourth-order valence-corrected chi connectivity index (χ4v) is 2.81. The van der Waals surface area contributed by atoms with Crippen LogP contribution in [0.2, 0.25) is 0 Å². The molecule has 0 atom stereocenters. The van der Waals surface area contributed by atoms with Crippen LogP contribution in [0.1, 0.15) is 46.0 Å². The van der Waals surface area contributed by atoms with Crippen molar-refractivity contribution < 1.29 is 24.1 Å². The lowest BCUT2D eigenvalue weighted by Gasteiger charge is -2.33. The second-order valence-electron chi connectivity index (χ2n) is 5.47. The van der Waals surface area contributed by atoms with Gasteiger partial charge in [0.15, 0.2) is 0 Å². The predicted molar refractivity (Wildman–Crippen MR) is 82.9 cm³/mol. The lowest BCUT2D eigenvalue weighted by molar-refractivity contribution is -0.158. The number of carboxylic acid groups (broad SMARTS) is 1. The molecule has 0 aromatic heterocycles. The van der Waals surface area contributed by atoms with Gasteiger partial charge in [-0.2, -0.15) is 0 Å². The van der Waals surface area contributed by atoms with Gasteiger partial charge in [0.1, 0.15) is 17.2 Å². The van der Waals surface area contributed by atoms with Crippen LogP contribution in [0.5, 0.6) is 17.2 Å². The Morgan fingerprint density at radius 2 is 1.50 bits per heavy atom. The minimum Gasteiger partial charge on any atom is -0.494 e. The summed E-state index contributed by atoms with van der Waals surface area (Å²) in [7, 11) is 0. The molecule has 0 bridgehead atoms. The van der Waals surface area contributed by atoms with E-state index in [0.29, 0.717) is 43.3 Å². The summed E-state index contributed by atoms with van der Waals surface area (Å²) in [6.07, 6.45) is 3.86. The molecule has 5 nitrogen and oxygen atoms in total. The maximum atomic E-state index is 11.7. The summed E-state index contributed by atoms with van der Waals surface area (Å²) >= 11 is 0. The van der Waals surface area contributed by atoms with Crippen molar-refractivity contribution in [3.05, 3.63) is 18.2 Å². The van der Waals surface area contributed by atoms with E-state index in [1.54, 1.807) is 18.2 Å². The molecule has 122 valence electrons. The number of aliphatic carboxylic acids is 1. The van der Waals surface area contributed by atoms with Crippen LogP contribution in [-0.4, -0.2) is 29.9 Å². The van der Waals surface area contributed by atoms with E-state index in [4.69, 9.17) is 14.2 Å². The Bertz CT molecular complexity index is 482. The molecule has 0 aliphatic heterocycles. The standard InChI is InChI=1S/C17H24O5/c1-3-20-13-10-14(21-4-2)12-15(11-13)22-17(16(18)19)8-6-5-7-9-17/h10-12H,3-9H2,1-2H3,(H,18,19). The van der Waals surface area contributed by atoms with E-state index in [2.05, 4.69) is 0 Å². The van der Waals surface area contributed by atoms with E-state index in [1.165, 1.54) is 0 Å². The monoisotopic (exact) mass is 308 g/mol. The van der Waals surface area contributed by atoms with Crippen molar-refractivity contribution >= 4 is 5.97 Å². The Balaban J connectivity index is 2.27. The van der Waals surface area contributed by atoms with Gasteiger partial charge >= 0.3 is 5.97 Å². The topological polar surface area (TPSA) is 65.0 Å². The maximum absolute atomic E-state index is 11.7. The first-order valence-corrected chi connectivity index (χ1v) is 7.92. The SMILES string of the molecule is CCOc1cc(OCC)cc(OC2(C(=O)O)CCCCC2)c1. The van der Waals surface area contributed by atoms with E-state index in [9.17, 15) is 9.90 Å². The lowest BCUT2D eigenvalue weighted by atomic mass is 9.84. The first-order valence-electron chi connectivity index (χ1n) is 7.92. The van der Waals surface area contributed by atoms with Crippen molar-refractivity contribution in [1.82, 2.24) is 0 Å². The average Bonchev–Trinajstić information content (AvgIpc) is 2.48. The molecule has 0 spiro atoms. The maximum Gasteiger partial charge on any atom is 0.348 e. The largest absolute Gasteiger partial charge is 0.494 e. The van der Waals surface area contributed by atoms with Crippen LogP contribution in [0.4, 0.5) is 0 Å². The Kier molecular flexibility index (Phi) is 5.52. The van der Waals surface area contributed by atoms with Crippen LogP contribution in [0.15, 0.2) is 18.2 Å².